The zero-order valence-corrected chi connectivity index (χ0v) is 47.8. The Morgan fingerprint density at radius 1 is 0.547 bits per heavy atom. The number of nitrogens with one attached hydrogen (secondary N) is 9. The maximum atomic E-state index is 14.8. The number of carbonyl (C=O) groups is 11. The number of aromatic hydroxyl groups is 2. The fraction of sp³-hybridized carbons (Fsp3) is 0.393. The summed E-state index contributed by atoms with van der Waals surface area (Å²) in [6.45, 7) is -0.206. The van der Waals surface area contributed by atoms with Crippen LogP contribution < -0.4 is 42.5 Å². The number of phenolic OH excluding ortho intramolecular Hbond substituents is 2. The van der Waals surface area contributed by atoms with Gasteiger partial charge in [-0.2, -0.15) is 0 Å². The summed E-state index contributed by atoms with van der Waals surface area (Å²) in [7, 11) is 1.34. The van der Waals surface area contributed by atoms with Gasteiger partial charge < -0.3 is 72.6 Å². The van der Waals surface area contributed by atoms with Gasteiger partial charge in [0.2, 0.25) is 59.1 Å². The zero-order chi connectivity index (χ0) is 61.9. The number of hydrogen-bond donors (Lipinski definition) is 12. The number of likely N-dealkylation sites (N-methyl/N-ethyl adjacent to an activating group) is 1. The first-order chi connectivity index (χ1) is 41.3. The Kier molecular flexibility index (Phi) is 22.7. The number of rotatable bonds is 14. The Labute approximate surface area is 495 Å². The maximum Gasteiger partial charge on any atom is 0.305 e. The minimum absolute atomic E-state index is 0.0372. The lowest BCUT2D eigenvalue weighted by Crippen LogP contribution is -2.60. The Bertz CT molecular complexity index is 3250. The number of phenols is 2. The van der Waals surface area contributed by atoms with Gasteiger partial charge in [0.1, 0.15) is 53.8 Å². The second-order valence-corrected chi connectivity index (χ2v) is 21.4. The fourth-order valence-corrected chi connectivity index (χ4v) is 10.3. The monoisotopic (exact) mass is 1180 g/mol. The molecule has 0 radical (unpaired) electrons. The molecule has 2 saturated heterocycles. The average Bonchev–Trinajstić information content (AvgIpc) is 4.37. The molecule has 25 heteroatoms. The molecule has 0 spiro atoms. The van der Waals surface area contributed by atoms with Crippen molar-refractivity contribution in [3.05, 3.63) is 132 Å². The molecule has 2 fully saturated rings. The number of fused-ring (bicyclic) bond motifs is 2. The number of carboxylic acids is 1. The smallest absolute Gasteiger partial charge is 0.305 e. The van der Waals surface area contributed by atoms with Crippen molar-refractivity contribution in [2.75, 3.05) is 33.2 Å². The normalized spacial score (nSPS) is 22.3. The molecule has 0 bridgehead atoms. The van der Waals surface area contributed by atoms with Crippen LogP contribution in [0.1, 0.15) is 74.1 Å². The number of carboxylic acid groups (broad SMARTS) is 1. The zero-order valence-electron chi connectivity index (χ0n) is 47.8. The maximum absolute atomic E-state index is 14.8. The molecule has 0 saturated carbocycles. The number of para-hydroxylation sites is 1. The molecule has 3 heterocycles. The van der Waals surface area contributed by atoms with Crippen LogP contribution in [-0.2, 0) is 78.4 Å². The van der Waals surface area contributed by atoms with E-state index in [1.54, 1.807) is 60.8 Å². The number of unbranched alkanes of at least 4 members (excludes halogenated alkanes) is 2. The van der Waals surface area contributed by atoms with E-state index in [1.807, 2.05) is 19.1 Å². The summed E-state index contributed by atoms with van der Waals surface area (Å²) in [5, 5.41) is 51.6. The van der Waals surface area contributed by atoms with Crippen LogP contribution >= 0.6 is 0 Å². The molecule has 25 nitrogen and oxygen atoms in total. The second-order valence-electron chi connectivity index (χ2n) is 21.4. The van der Waals surface area contributed by atoms with Crippen molar-refractivity contribution >= 4 is 75.9 Å². The Hall–Kier alpha value is -9.81. The fourth-order valence-electron chi connectivity index (χ4n) is 10.3. The van der Waals surface area contributed by atoms with Crippen molar-refractivity contribution in [1.82, 2.24) is 57.3 Å². The van der Waals surface area contributed by atoms with Crippen LogP contribution in [0.4, 0.5) is 0 Å². The summed E-state index contributed by atoms with van der Waals surface area (Å²) in [6, 6.07) is 17.4. The van der Waals surface area contributed by atoms with Gasteiger partial charge in [-0.15, -0.1) is 0 Å². The molecule has 7 atom stereocenters. The quantitative estimate of drug-likeness (QED) is 0.0675. The lowest BCUT2D eigenvalue weighted by Gasteiger charge is -2.30. The standard InChI is InChI=1S/C61H73N11O14/c1-3-4-6-16-44-56(81)68-47(30-39-32-62-43-15-10-9-14-42(39)43)55(80)64-34-52(76)66-45(27-37-18-22-40(73)23-19-37)57(82)70-48(31-54(78)79)61(86)72-26-11-17-49(72)59(84)65-33-51(75)63-35-53(77)71(2)50(29-36-12-7-5-8-13-36)60(85)69-46(58(83)67-44)28-38-20-24-41(74)25-21-38/h5,7-10,12-15,18-25,32,44-50,62,73-74H,3-4,6,11,16-17,26-31,33-35H2,1-2H3,(H,63,75)(H,64,80)(H,65,84)(H,66,76)(H,67,83)(H,68,81)(H,69,85)(H,70,82)(H,78,79)/t44-,45-,46-,47-,48-,49+,50-/m0/s1. The van der Waals surface area contributed by atoms with Crippen LogP contribution in [0.25, 0.3) is 10.9 Å². The molecule has 5 aromatic rings. The number of carbonyl (C=O) groups excluding carboxylic acids is 10. The van der Waals surface area contributed by atoms with Crippen LogP contribution in [0, 0.1) is 0 Å². The number of aliphatic carboxylic acids is 1. The Morgan fingerprint density at radius 3 is 1.74 bits per heavy atom. The summed E-state index contributed by atoms with van der Waals surface area (Å²) in [4.78, 5) is 160. The van der Waals surface area contributed by atoms with Crippen molar-refractivity contribution in [3.8, 4) is 11.5 Å². The van der Waals surface area contributed by atoms with Crippen LogP contribution in [0.3, 0.4) is 0 Å². The number of benzene rings is 4. The van der Waals surface area contributed by atoms with Crippen molar-refractivity contribution < 1.29 is 68.1 Å². The molecular weight excluding hydrogens is 1110 g/mol. The van der Waals surface area contributed by atoms with E-state index in [9.17, 15) is 68.1 Å². The highest BCUT2D eigenvalue weighted by Crippen LogP contribution is 2.22. The molecule has 2 aliphatic heterocycles. The first-order valence-corrected chi connectivity index (χ1v) is 28.5. The first kappa shape index (κ1) is 63.8. The predicted molar refractivity (Wildman–Crippen MR) is 312 cm³/mol. The topological polar surface area (TPSA) is 367 Å². The van der Waals surface area contributed by atoms with Crippen molar-refractivity contribution in [2.24, 2.45) is 0 Å². The SMILES string of the molecule is CCCCC[C@@H]1NC(=O)[C@H](Cc2ccc(O)cc2)NC(=O)[C@H](Cc2ccccc2)N(C)C(=O)CNC(=O)CNC(=O)[C@H]2CCCN2C(=O)[C@H](CC(=O)O)NC(=O)[C@H](Cc2ccc(O)cc2)NC(=O)CNC(=O)[C@H](Cc2c[nH]c3ccccc23)NC1=O. The van der Waals surface area contributed by atoms with Crippen molar-refractivity contribution in [1.29, 1.82) is 0 Å². The van der Waals surface area contributed by atoms with Crippen LogP contribution in [-0.4, -0.2) is 171 Å². The van der Waals surface area contributed by atoms with E-state index in [1.165, 1.54) is 43.4 Å². The molecule has 10 amide bonds. The van der Waals surface area contributed by atoms with Gasteiger partial charge in [0.15, 0.2) is 0 Å². The van der Waals surface area contributed by atoms with E-state index in [2.05, 4.69) is 47.5 Å². The lowest BCUT2D eigenvalue weighted by atomic mass is 10.00. The van der Waals surface area contributed by atoms with Crippen LogP contribution in [0.15, 0.2) is 109 Å². The van der Waals surface area contributed by atoms with E-state index in [4.69, 9.17) is 0 Å². The number of H-pyrrole nitrogens is 1. The van der Waals surface area contributed by atoms with E-state index in [0.717, 1.165) is 27.1 Å². The number of aromatic amines is 1. The largest absolute Gasteiger partial charge is 0.508 e. The Morgan fingerprint density at radius 2 is 1.09 bits per heavy atom. The average molecular weight is 1180 g/mol. The third-order valence-corrected chi connectivity index (χ3v) is 15.0. The number of hydrogen-bond acceptors (Lipinski definition) is 13. The molecule has 2 aliphatic rings. The van der Waals surface area contributed by atoms with E-state index >= 15 is 0 Å². The Balaban J connectivity index is 1.24. The minimum Gasteiger partial charge on any atom is -0.508 e. The summed E-state index contributed by atoms with van der Waals surface area (Å²) in [6.07, 6.45) is 2.31. The lowest BCUT2D eigenvalue weighted by molar-refractivity contribution is -0.146. The van der Waals surface area contributed by atoms with Gasteiger partial charge in [-0.1, -0.05) is 99.0 Å². The summed E-state index contributed by atoms with van der Waals surface area (Å²) >= 11 is 0. The summed E-state index contributed by atoms with van der Waals surface area (Å²) < 4.78 is 0. The summed E-state index contributed by atoms with van der Waals surface area (Å²) in [5.74, 6) is -10.2. The molecule has 456 valence electrons. The highest BCUT2D eigenvalue weighted by atomic mass is 16.4. The van der Waals surface area contributed by atoms with E-state index in [-0.39, 0.29) is 63.0 Å². The number of nitrogens with zero attached hydrogens (tertiary/aromatic N) is 2. The molecule has 0 unspecified atom stereocenters. The highest BCUT2D eigenvalue weighted by molar-refractivity contribution is 5.99. The third kappa shape index (κ3) is 18.1. The van der Waals surface area contributed by atoms with Gasteiger partial charge >= 0.3 is 5.97 Å². The number of aromatic nitrogens is 1. The number of amides is 10. The first-order valence-electron chi connectivity index (χ1n) is 28.5. The van der Waals surface area contributed by atoms with Crippen molar-refractivity contribution in [2.45, 2.75) is 120 Å². The minimum atomic E-state index is -1.78. The van der Waals surface area contributed by atoms with E-state index in [0.29, 0.717) is 35.1 Å². The van der Waals surface area contributed by atoms with Gasteiger partial charge in [0, 0.05) is 56.4 Å². The third-order valence-electron chi connectivity index (χ3n) is 15.0. The molecule has 4 aromatic carbocycles. The predicted octanol–water partition coefficient (Wildman–Crippen LogP) is 0.509. The molecule has 86 heavy (non-hydrogen) atoms. The van der Waals surface area contributed by atoms with Gasteiger partial charge in [-0.3, -0.25) is 52.7 Å². The highest BCUT2D eigenvalue weighted by Gasteiger charge is 2.40. The van der Waals surface area contributed by atoms with Gasteiger partial charge in [-0.25, -0.2) is 0 Å². The van der Waals surface area contributed by atoms with Crippen LogP contribution in [0.5, 0.6) is 11.5 Å². The molecule has 0 aliphatic carbocycles. The van der Waals surface area contributed by atoms with E-state index < -0.39 is 133 Å². The van der Waals surface area contributed by atoms with Gasteiger partial charge in [0.25, 0.3) is 0 Å². The molecule has 1 aromatic heterocycles. The van der Waals surface area contributed by atoms with Crippen LogP contribution in [0.2, 0.25) is 0 Å². The van der Waals surface area contributed by atoms with Gasteiger partial charge in [-0.05, 0) is 71.8 Å². The molecule has 7 rings (SSSR count). The van der Waals surface area contributed by atoms with Crippen molar-refractivity contribution in [3.63, 3.8) is 0 Å². The van der Waals surface area contributed by atoms with Gasteiger partial charge in [0.05, 0.1) is 26.1 Å². The molecular formula is C61H73N11O14. The molecule has 12 N–H and O–H groups in total. The summed E-state index contributed by atoms with van der Waals surface area (Å²) in [5.41, 5.74) is 2.84. The second kappa shape index (κ2) is 30.7.